The van der Waals surface area contributed by atoms with Crippen LogP contribution in [-0.4, -0.2) is 30.9 Å². The molecule has 0 fully saturated rings. The SMILES string of the molecule is Cc1c(COC(O)(O)O)nc2c(Cl)cccn12. The number of imidazole rings is 1. The van der Waals surface area contributed by atoms with E-state index in [2.05, 4.69) is 9.72 Å². The summed E-state index contributed by atoms with van der Waals surface area (Å²) in [7, 11) is 0. The fraction of sp³-hybridized carbons (Fsp3) is 0.300. The lowest BCUT2D eigenvalue weighted by molar-refractivity contribution is -0.458. The van der Waals surface area contributed by atoms with E-state index in [-0.39, 0.29) is 6.61 Å². The fourth-order valence-corrected chi connectivity index (χ4v) is 1.71. The number of fused-ring (bicyclic) bond motifs is 1. The van der Waals surface area contributed by atoms with Gasteiger partial charge in [0.05, 0.1) is 17.3 Å². The van der Waals surface area contributed by atoms with E-state index >= 15 is 0 Å². The number of pyridine rings is 1. The van der Waals surface area contributed by atoms with Crippen LogP contribution in [-0.2, 0) is 11.3 Å². The van der Waals surface area contributed by atoms with Crippen molar-refractivity contribution in [2.45, 2.75) is 19.7 Å². The standard InChI is InChI=1S/C10H11ClN2O4/c1-6-8(5-17-10(14,15)16)12-9-7(11)3-2-4-13(6)9/h2-4,14-16H,5H2,1H3. The van der Waals surface area contributed by atoms with E-state index in [1.165, 1.54) is 0 Å². The van der Waals surface area contributed by atoms with Crippen molar-refractivity contribution in [2.24, 2.45) is 0 Å². The average molecular weight is 259 g/mol. The smallest absolute Gasteiger partial charge is 0.319 e. The predicted molar refractivity (Wildman–Crippen MR) is 59.1 cm³/mol. The quantitative estimate of drug-likeness (QED) is 0.694. The minimum atomic E-state index is -3.16. The maximum Gasteiger partial charge on any atom is 0.405 e. The molecular formula is C10H11ClN2O4. The highest BCUT2D eigenvalue weighted by atomic mass is 35.5. The Morgan fingerprint density at radius 3 is 2.76 bits per heavy atom. The Hall–Kier alpha value is -1.18. The summed E-state index contributed by atoms with van der Waals surface area (Å²) in [5.41, 5.74) is 1.75. The third kappa shape index (κ3) is 2.56. The summed E-state index contributed by atoms with van der Waals surface area (Å²) < 4.78 is 6.16. The van der Waals surface area contributed by atoms with Crippen LogP contribution in [0.3, 0.4) is 0 Å². The van der Waals surface area contributed by atoms with Gasteiger partial charge in [-0.1, -0.05) is 11.6 Å². The number of hydrogen-bond acceptors (Lipinski definition) is 5. The van der Waals surface area contributed by atoms with Crippen molar-refractivity contribution in [3.63, 3.8) is 0 Å². The third-order valence-electron chi connectivity index (χ3n) is 2.34. The van der Waals surface area contributed by atoms with Gasteiger partial charge < -0.3 is 19.7 Å². The summed E-state index contributed by atoms with van der Waals surface area (Å²) >= 11 is 5.96. The topological polar surface area (TPSA) is 87.2 Å². The van der Waals surface area contributed by atoms with Gasteiger partial charge in [0.1, 0.15) is 0 Å². The molecule has 6 nitrogen and oxygen atoms in total. The van der Waals surface area contributed by atoms with Crippen molar-refractivity contribution in [2.75, 3.05) is 0 Å². The van der Waals surface area contributed by atoms with Gasteiger partial charge in [0.2, 0.25) is 0 Å². The summed E-state index contributed by atoms with van der Waals surface area (Å²) in [4.78, 5) is 4.19. The number of hydrogen-bond donors (Lipinski definition) is 3. The number of rotatable bonds is 3. The first kappa shape index (κ1) is 12.3. The molecule has 0 unspecified atom stereocenters. The summed E-state index contributed by atoms with van der Waals surface area (Å²) in [6.45, 7) is 1.54. The lowest BCUT2D eigenvalue weighted by Crippen LogP contribution is -2.30. The molecule has 0 aromatic carbocycles. The van der Waals surface area contributed by atoms with E-state index in [9.17, 15) is 0 Å². The molecule has 2 aromatic rings. The Morgan fingerprint density at radius 2 is 2.18 bits per heavy atom. The van der Waals surface area contributed by atoms with Crippen LogP contribution in [0.15, 0.2) is 18.3 Å². The van der Waals surface area contributed by atoms with Gasteiger partial charge in [-0.05, 0) is 19.1 Å². The van der Waals surface area contributed by atoms with E-state index < -0.39 is 6.16 Å². The monoisotopic (exact) mass is 258 g/mol. The summed E-state index contributed by atoms with van der Waals surface area (Å²) in [6, 6.07) is 3.46. The number of aryl methyl sites for hydroxylation is 1. The molecular weight excluding hydrogens is 248 g/mol. The second-order valence-electron chi connectivity index (χ2n) is 3.56. The molecule has 7 heteroatoms. The zero-order valence-electron chi connectivity index (χ0n) is 8.96. The molecule has 0 saturated carbocycles. The first-order valence-corrected chi connectivity index (χ1v) is 5.19. The van der Waals surface area contributed by atoms with Crippen LogP contribution in [0.25, 0.3) is 5.65 Å². The predicted octanol–water partition coefficient (Wildman–Crippen LogP) is 0.401. The third-order valence-corrected chi connectivity index (χ3v) is 2.64. The Morgan fingerprint density at radius 1 is 1.47 bits per heavy atom. The van der Waals surface area contributed by atoms with Crippen molar-refractivity contribution < 1.29 is 20.1 Å². The molecule has 0 atom stereocenters. The maximum absolute atomic E-state index is 8.63. The number of aromatic nitrogens is 2. The Labute approximate surface area is 102 Å². The van der Waals surface area contributed by atoms with Crippen molar-refractivity contribution in [3.8, 4) is 0 Å². The van der Waals surface area contributed by atoms with Crippen LogP contribution in [0, 0.1) is 6.92 Å². The number of halogens is 1. The Bertz CT molecular complexity index is 547. The maximum atomic E-state index is 8.63. The second-order valence-corrected chi connectivity index (χ2v) is 3.96. The molecule has 0 amide bonds. The first-order valence-electron chi connectivity index (χ1n) is 4.81. The van der Waals surface area contributed by atoms with Crippen molar-refractivity contribution in [1.29, 1.82) is 0 Å². The van der Waals surface area contributed by atoms with E-state index in [4.69, 9.17) is 26.9 Å². The van der Waals surface area contributed by atoms with Crippen molar-refractivity contribution >= 4 is 17.2 Å². The van der Waals surface area contributed by atoms with E-state index in [0.29, 0.717) is 16.4 Å². The number of ether oxygens (including phenoxy) is 1. The van der Waals surface area contributed by atoms with Crippen LogP contribution < -0.4 is 0 Å². The van der Waals surface area contributed by atoms with Gasteiger partial charge >= 0.3 is 6.16 Å². The highest BCUT2D eigenvalue weighted by Crippen LogP contribution is 2.20. The van der Waals surface area contributed by atoms with Gasteiger partial charge in [-0.25, -0.2) is 4.98 Å². The molecule has 3 N–H and O–H groups in total. The largest absolute Gasteiger partial charge is 0.405 e. The zero-order chi connectivity index (χ0) is 12.6. The van der Waals surface area contributed by atoms with Gasteiger partial charge in [-0.15, -0.1) is 0 Å². The van der Waals surface area contributed by atoms with Gasteiger partial charge in [0, 0.05) is 11.9 Å². The van der Waals surface area contributed by atoms with Gasteiger partial charge in [-0.2, -0.15) is 0 Å². The molecule has 0 radical (unpaired) electrons. The molecule has 0 spiro atoms. The molecule has 0 aliphatic carbocycles. The lowest BCUT2D eigenvalue weighted by atomic mass is 10.3. The minimum Gasteiger partial charge on any atom is -0.319 e. The fourth-order valence-electron chi connectivity index (χ4n) is 1.50. The number of nitrogens with zero attached hydrogens (tertiary/aromatic N) is 2. The van der Waals surface area contributed by atoms with Crippen LogP contribution in [0.5, 0.6) is 0 Å². The minimum absolute atomic E-state index is 0.243. The molecule has 17 heavy (non-hydrogen) atoms. The van der Waals surface area contributed by atoms with E-state index in [1.807, 2.05) is 0 Å². The van der Waals surface area contributed by atoms with Crippen molar-refractivity contribution in [3.05, 3.63) is 34.7 Å². The molecule has 2 aromatic heterocycles. The second kappa shape index (κ2) is 4.25. The van der Waals surface area contributed by atoms with Crippen LogP contribution in [0.4, 0.5) is 0 Å². The highest BCUT2D eigenvalue weighted by molar-refractivity contribution is 6.33. The first-order chi connectivity index (χ1) is 7.88. The van der Waals surface area contributed by atoms with E-state index in [1.54, 1.807) is 29.7 Å². The summed E-state index contributed by atoms with van der Waals surface area (Å²) in [6.07, 6.45) is -1.39. The van der Waals surface area contributed by atoms with Gasteiger partial charge in [0.15, 0.2) is 5.65 Å². The van der Waals surface area contributed by atoms with Gasteiger partial charge in [-0.3, -0.25) is 4.74 Å². The highest BCUT2D eigenvalue weighted by Gasteiger charge is 2.21. The molecule has 2 rings (SSSR count). The number of aliphatic hydroxyl groups is 3. The molecule has 92 valence electrons. The van der Waals surface area contributed by atoms with Gasteiger partial charge in [0.25, 0.3) is 0 Å². The van der Waals surface area contributed by atoms with Crippen LogP contribution >= 0.6 is 11.6 Å². The average Bonchev–Trinajstić information content (AvgIpc) is 2.54. The Kier molecular flexibility index (Phi) is 3.07. The summed E-state index contributed by atoms with van der Waals surface area (Å²) in [5.74, 6) is 0. The van der Waals surface area contributed by atoms with Crippen LogP contribution in [0.2, 0.25) is 5.02 Å². The molecule has 0 bridgehead atoms. The molecule has 2 heterocycles. The van der Waals surface area contributed by atoms with Crippen LogP contribution in [0.1, 0.15) is 11.4 Å². The molecule has 0 aliphatic rings. The van der Waals surface area contributed by atoms with Crippen molar-refractivity contribution in [1.82, 2.24) is 9.38 Å². The normalized spacial score (nSPS) is 12.3. The lowest BCUT2D eigenvalue weighted by Gasteiger charge is -2.12. The van der Waals surface area contributed by atoms with E-state index in [0.717, 1.165) is 5.69 Å². The molecule has 0 saturated heterocycles. The zero-order valence-corrected chi connectivity index (χ0v) is 9.72. The molecule has 0 aliphatic heterocycles. The Balaban J connectivity index is 2.36. The summed E-state index contributed by atoms with van der Waals surface area (Å²) in [5, 5.41) is 26.4.